The van der Waals surface area contributed by atoms with Gasteiger partial charge in [-0.2, -0.15) is 0 Å². The van der Waals surface area contributed by atoms with Gasteiger partial charge in [0.05, 0.1) is 0 Å². The Morgan fingerprint density at radius 2 is 1.88 bits per heavy atom. The molecule has 0 aromatic rings. The Bertz CT molecular complexity index is 198. The van der Waals surface area contributed by atoms with Crippen molar-refractivity contribution in [2.24, 2.45) is 11.3 Å². The highest BCUT2D eigenvalue weighted by molar-refractivity contribution is 4.84. The van der Waals surface area contributed by atoms with E-state index in [0.717, 1.165) is 31.8 Å². The Labute approximate surface area is 107 Å². The summed E-state index contributed by atoms with van der Waals surface area (Å²) in [6.45, 7) is 9.74. The lowest BCUT2D eigenvalue weighted by molar-refractivity contribution is 0.113. The quantitative estimate of drug-likeness (QED) is 0.667. The number of aliphatic hydroxyl groups is 1. The monoisotopic (exact) mass is 242 g/mol. The largest absolute Gasteiger partial charge is 0.396 e. The average molecular weight is 242 g/mol. The van der Waals surface area contributed by atoms with Crippen LogP contribution in [0.3, 0.4) is 0 Å². The van der Waals surface area contributed by atoms with Crippen LogP contribution >= 0.6 is 0 Å². The molecule has 1 rings (SSSR count). The molecule has 0 spiro atoms. The Morgan fingerprint density at radius 3 is 2.47 bits per heavy atom. The first-order valence-electron chi connectivity index (χ1n) is 7.06. The molecule has 102 valence electrons. The number of nitrogens with zero attached hydrogens (tertiary/aromatic N) is 1. The van der Waals surface area contributed by atoms with Crippen molar-refractivity contribution in [3.63, 3.8) is 0 Å². The molecule has 0 amide bonds. The van der Waals surface area contributed by atoms with Gasteiger partial charge in [0.25, 0.3) is 0 Å². The van der Waals surface area contributed by atoms with Gasteiger partial charge in [-0.3, -0.25) is 0 Å². The topological polar surface area (TPSA) is 35.5 Å². The van der Waals surface area contributed by atoms with Gasteiger partial charge in [-0.25, -0.2) is 0 Å². The number of unbranched alkanes of at least 4 members (excludes halogenated alkanes) is 1. The summed E-state index contributed by atoms with van der Waals surface area (Å²) >= 11 is 0. The molecule has 17 heavy (non-hydrogen) atoms. The normalized spacial score (nSPS) is 19.8. The third kappa shape index (κ3) is 5.36. The minimum absolute atomic E-state index is 0.319. The molecular formula is C14H30N2O. The molecule has 0 aromatic carbocycles. The summed E-state index contributed by atoms with van der Waals surface area (Å²) in [5.74, 6) is 0.851. The highest BCUT2D eigenvalue weighted by atomic mass is 16.2. The van der Waals surface area contributed by atoms with Crippen molar-refractivity contribution in [2.75, 3.05) is 39.8 Å². The highest BCUT2D eigenvalue weighted by Gasteiger charge is 2.31. The van der Waals surface area contributed by atoms with E-state index in [2.05, 4.69) is 31.1 Å². The number of hydrogen-bond donors (Lipinski definition) is 2. The van der Waals surface area contributed by atoms with Crippen molar-refractivity contribution in [2.45, 2.75) is 39.5 Å². The van der Waals surface area contributed by atoms with Gasteiger partial charge in [-0.1, -0.05) is 13.8 Å². The summed E-state index contributed by atoms with van der Waals surface area (Å²) in [5, 5.41) is 12.3. The van der Waals surface area contributed by atoms with Crippen LogP contribution in [0.2, 0.25) is 0 Å². The molecule has 1 heterocycles. The van der Waals surface area contributed by atoms with Crippen LogP contribution in [0.5, 0.6) is 0 Å². The van der Waals surface area contributed by atoms with Crippen molar-refractivity contribution in [3.05, 3.63) is 0 Å². The summed E-state index contributed by atoms with van der Waals surface area (Å²) in [5.41, 5.74) is 0.403. The van der Waals surface area contributed by atoms with Crippen LogP contribution in [0.15, 0.2) is 0 Å². The fourth-order valence-corrected chi connectivity index (χ4v) is 2.71. The average Bonchev–Trinajstić information content (AvgIpc) is 2.29. The van der Waals surface area contributed by atoms with Crippen LogP contribution in [0, 0.1) is 11.3 Å². The number of aliphatic hydroxyl groups excluding tert-OH is 1. The maximum absolute atomic E-state index is 8.72. The molecule has 1 aliphatic heterocycles. The molecule has 1 aliphatic rings. The van der Waals surface area contributed by atoms with Gasteiger partial charge in [0.15, 0.2) is 0 Å². The van der Waals surface area contributed by atoms with Crippen LogP contribution in [0.4, 0.5) is 0 Å². The molecule has 0 aromatic heterocycles. The lowest BCUT2D eigenvalue weighted by Gasteiger charge is -2.40. The van der Waals surface area contributed by atoms with Crippen LogP contribution in [-0.4, -0.2) is 49.8 Å². The van der Waals surface area contributed by atoms with Crippen LogP contribution in [0.1, 0.15) is 39.5 Å². The van der Waals surface area contributed by atoms with E-state index < -0.39 is 0 Å². The number of likely N-dealkylation sites (tertiary alicyclic amines) is 1. The van der Waals surface area contributed by atoms with Gasteiger partial charge < -0.3 is 15.3 Å². The Morgan fingerprint density at radius 1 is 1.24 bits per heavy atom. The van der Waals surface area contributed by atoms with Crippen LogP contribution in [0.25, 0.3) is 0 Å². The van der Waals surface area contributed by atoms with E-state index >= 15 is 0 Å². The second-order valence-electron chi connectivity index (χ2n) is 6.17. The molecule has 3 heteroatoms. The number of nitrogens with one attached hydrogen (secondary N) is 1. The SMILES string of the molecule is CN1CCC(C(C)(C)CNCCCCO)CC1. The van der Waals surface area contributed by atoms with Crippen molar-refractivity contribution < 1.29 is 5.11 Å². The minimum Gasteiger partial charge on any atom is -0.396 e. The smallest absolute Gasteiger partial charge is 0.0431 e. The first kappa shape index (κ1) is 14.9. The molecule has 0 saturated carbocycles. The fourth-order valence-electron chi connectivity index (χ4n) is 2.71. The Balaban J connectivity index is 2.20. The predicted molar refractivity (Wildman–Crippen MR) is 73.2 cm³/mol. The second-order valence-corrected chi connectivity index (χ2v) is 6.17. The third-order valence-corrected chi connectivity index (χ3v) is 4.17. The fraction of sp³-hybridized carbons (Fsp3) is 1.00. The molecule has 0 atom stereocenters. The zero-order valence-electron chi connectivity index (χ0n) is 11.8. The van der Waals surface area contributed by atoms with Gasteiger partial charge in [-0.05, 0) is 63.7 Å². The standard InChI is InChI=1S/C14H30N2O/c1-14(2,12-15-8-4-5-11-17)13-6-9-16(3)10-7-13/h13,15,17H,4-12H2,1-3H3. The zero-order valence-corrected chi connectivity index (χ0v) is 11.8. The molecule has 3 nitrogen and oxygen atoms in total. The predicted octanol–water partition coefficient (Wildman–Crippen LogP) is 1.72. The van der Waals surface area contributed by atoms with E-state index in [9.17, 15) is 0 Å². The molecule has 0 bridgehead atoms. The van der Waals surface area contributed by atoms with Crippen molar-refractivity contribution in [3.8, 4) is 0 Å². The van der Waals surface area contributed by atoms with Crippen LogP contribution in [-0.2, 0) is 0 Å². The van der Waals surface area contributed by atoms with E-state index in [1.807, 2.05) is 0 Å². The minimum atomic E-state index is 0.319. The zero-order chi connectivity index (χ0) is 12.7. The van der Waals surface area contributed by atoms with Crippen molar-refractivity contribution in [1.82, 2.24) is 10.2 Å². The van der Waals surface area contributed by atoms with Crippen molar-refractivity contribution in [1.29, 1.82) is 0 Å². The summed E-state index contributed by atoms with van der Waals surface area (Å²) in [6.07, 6.45) is 4.67. The Hall–Kier alpha value is -0.120. The van der Waals surface area contributed by atoms with E-state index in [-0.39, 0.29) is 0 Å². The van der Waals surface area contributed by atoms with Gasteiger partial charge in [0, 0.05) is 13.2 Å². The highest BCUT2D eigenvalue weighted by Crippen LogP contribution is 2.34. The summed E-state index contributed by atoms with van der Waals surface area (Å²) in [6, 6.07) is 0. The first-order chi connectivity index (χ1) is 8.06. The second kappa shape index (κ2) is 7.34. The van der Waals surface area contributed by atoms with Crippen LogP contribution < -0.4 is 5.32 Å². The van der Waals surface area contributed by atoms with E-state index in [4.69, 9.17) is 5.11 Å². The number of rotatable bonds is 7. The van der Waals surface area contributed by atoms with Crippen molar-refractivity contribution >= 4 is 0 Å². The van der Waals surface area contributed by atoms with Gasteiger partial charge in [0.1, 0.15) is 0 Å². The Kier molecular flexibility index (Phi) is 6.45. The molecule has 2 N–H and O–H groups in total. The summed E-state index contributed by atoms with van der Waals surface area (Å²) in [4.78, 5) is 2.43. The maximum atomic E-state index is 8.72. The summed E-state index contributed by atoms with van der Waals surface area (Å²) < 4.78 is 0. The third-order valence-electron chi connectivity index (χ3n) is 4.17. The molecule has 0 unspecified atom stereocenters. The van der Waals surface area contributed by atoms with Gasteiger partial charge in [-0.15, -0.1) is 0 Å². The first-order valence-corrected chi connectivity index (χ1v) is 7.06. The molecule has 0 radical (unpaired) electrons. The maximum Gasteiger partial charge on any atom is 0.0431 e. The van der Waals surface area contributed by atoms with Gasteiger partial charge in [0.2, 0.25) is 0 Å². The number of hydrogen-bond acceptors (Lipinski definition) is 3. The van der Waals surface area contributed by atoms with Gasteiger partial charge >= 0.3 is 0 Å². The lowest BCUT2D eigenvalue weighted by Crippen LogP contribution is -2.42. The summed E-state index contributed by atoms with van der Waals surface area (Å²) in [7, 11) is 2.22. The van der Waals surface area contributed by atoms with E-state index in [0.29, 0.717) is 12.0 Å². The van der Waals surface area contributed by atoms with E-state index in [1.165, 1.54) is 25.9 Å². The molecular weight excluding hydrogens is 212 g/mol. The molecule has 0 aliphatic carbocycles. The number of piperidine rings is 1. The van der Waals surface area contributed by atoms with E-state index in [1.54, 1.807) is 0 Å². The lowest BCUT2D eigenvalue weighted by atomic mass is 9.73. The molecule has 1 fully saturated rings. The molecule has 1 saturated heterocycles.